The molecule has 0 bridgehead atoms. The Labute approximate surface area is 148 Å². The van der Waals surface area contributed by atoms with Crippen molar-refractivity contribution in [2.24, 2.45) is 0 Å². The van der Waals surface area contributed by atoms with Crippen molar-refractivity contribution < 1.29 is 14.0 Å². The third kappa shape index (κ3) is 4.58. The van der Waals surface area contributed by atoms with Crippen LogP contribution in [0.4, 0.5) is 9.52 Å². The van der Waals surface area contributed by atoms with Crippen LogP contribution in [0.1, 0.15) is 23.2 Å². The van der Waals surface area contributed by atoms with Crippen molar-refractivity contribution in [2.45, 2.75) is 12.8 Å². The molecule has 0 spiro atoms. The Kier molecular flexibility index (Phi) is 5.30. The Morgan fingerprint density at radius 2 is 1.72 bits per heavy atom. The molecule has 2 aromatic carbocycles. The second-order valence-corrected chi connectivity index (χ2v) is 6.24. The van der Waals surface area contributed by atoms with Gasteiger partial charge in [-0.3, -0.25) is 9.59 Å². The first-order valence-electron chi connectivity index (χ1n) is 7.71. The summed E-state index contributed by atoms with van der Waals surface area (Å²) in [6.07, 6.45) is 0.116. The molecule has 4 nitrogen and oxygen atoms in total. The zero-order valence-corrected chi connectivity index (χ0v) is 14.1. The molecule has 0 saturated heterocycles. The van der Waals surface area contributed by atoms with Crippen molar-refractivity contribution in [3.63, 3.8) is 0 Å². The number of anilines is 1. The molecule has 0 unspecified atom stereocenters. The van der Waals surface area contributed by atoms with E-state index in [1.54, 1.807) is 0 Å². The molecular formula is C19H15FN2O2S. The van der Waals surface area contributed by atoms with Crippen LogP contribution in [0.3, 0.4) is 0 Å². The Morgan fingerprint density at radius 1 is 1.00 bits per heavy atom. The first-order chi connectivity index (χ1) is 12.1. The van der Waals surface area contributed by atoms with E-state index in [2.05, 4.69) is 10.3 Å². The predicted octanol–water partition coefficient (Wildman–Crippen LogP) is 4.55. The summed E-state index contributed by atoms with van der Waals surface area (Å²) < 4.78 is 12.8. The number of Topliss-reactive ketones (excluding diaryl/α,β-unsaturated/α-hetero) is 1. The van der Waals surface area contributed by atoms with E-state index in [9.17, 15) is 14.0 Å². The number of amides is 1. The minimum Gasteiger partial charge on any atom is -0.302 e. The number of nitrogens with one attached hydrogen (secondary N) is 1. The van der Waals surface area contributed by atoms with Crippen molar-refractivity contribution in [1.29, 1.82) is 0 Å². The molecule has 0 atom stereocenters. The standard InChI is InChI=1S/C19H15FN2O2S/c20-15-8-6-14(7-9-15)17(23)10-11-18(24)22-19-21-16(12-25-19)13-4-2-1-3-5-13/h1-9,12H,10-11H2,(H,21,22,24). The number of carbonyl (C=O) groups is 2. The summed E-state index contributed by atoms with van der Waals surface area (Å²) in [6, 6.07) is 15.0. The number of carbonyl (C=O) groups excluding carboxylic acids is 2. The molecule has 1 N–H and O–H groups in total. The molecule has 25 heavy (non-hydrogen) atoms. The lowest BCUT2D eigenvalue weighted by molar-refractivity contribution is -0.116. The summed E-state index contributed by atoms with van der Waals surface area (Å²) in [5.74, 6) is -0.865. The fourth-order valence-corrected chi connectivity index (χ4v) is 3.00. The number of benzene rings is 2. The summed E-state index contributed by atoms with van der Waals surface area (Å²) in [6.45, 7) is 0. The topological polar surface area (TPSA) is 59.1 Å². The zero-order valence-electron chi connectivity index (χ0n) is 13.2. The first-order valence-corrected chi connectivity index (χ1v) is 8.59. The van der Waals surface area contributed by atoms with Gasteiger partial charge in [0, 0.05) is 29.3 Å². The molecule has 3 aromatic rings. The van der Waals surface area contributed by atoms with Crippen LogP contribution < -0.4 is 5.32 Å². The monoisotopic (exact) mass is 354 g/mol. The SMILES string of the molecule is O=C(CCC(=O)c1ccc(F)cc1)Nc1nc(-c2ccccc2)cs1. The summed E-state index contributed by atoms with van der Waals surface area (Å²) in [5.41, 5.74) is 2.17. The van der Waals surface area contributed by atoms with Crippen LogP contribution in [0.15, 0.2) is 60.0 Å². The molecule has 3 rings (SSSR count). The number of rotatable bonds is 6. The summed E-state index contributed by atoms with van der Waals surface area (Å²) in [7, 11) is 0. The van der Waals surface area contributed by atoms with E-state index < -0.39 is 5.82 Å². The average Bonchev–Trinajstić information content (AvgIpc) is 3.09. The van der Waals surface area contributed by atoms with Crippen LogP contribution in [0.5, 0.6) is 0 Å². The van der Waals surface area contributed by atoms with E-state index in [4.69, 9.17) is 0 Å². The van der Waals surface area contributed by atoms with Gasteiger partial charge in [0.05, 0.1) is 5.69 Å². The number of ketones is 1. The third-order valence-corrected chi connectivity index (χ3v) is 4.32. The molecule has 0 aliphatic carbocycles. The molecule has 1 amide bonds. The maximum absolute atomic E-state index is 12.8. The van der Waals surface area contributed by atoms with Gasteiger partial charge in [-0.15, -0.1) is 11.3 Å². The predicted molar refractivity (Wildman–Crippen MR) is 96.1 cm³/mol. The highest BCUT2D eigenvalue weighted by Gasteiger charge is 2.11. The molecule has 0 radical (unpaired) electrons. The van der Waals surface area contributed by atoms with Gasteiger partial charge < -0.3 is 5.32 Å². The van der Waals surface area contributed by atoms with Gasteiger partial charge in [-0.25, -0.2) is 9.37 Å². The van der Waals surface area contributed by atoms with E-state index >= 15 is 0 Å². The first kappa shape index (κ1) is 17.0. The van der Waals surface area contributed by atoms with Gasteiger partial charge in [0.25, 0.3) is 0 Å². The van der Waals surface area contributed by atoms with E-state index in [1.807, 2.05) is 35.7 Å². The van der Waals surface area contributed by atoms with E-state index in [0.717, 1.165) is 11.3 Å². The van der Waals surface area contributed by atoms with E-state index in [0.29, 0.717) is 10.7 Å². The maximum Gasteiger partial charge on any atom is 0.226 e. The molecule has 0 aliphatic heterocycles. The second kappa shape index (κ2) is 7.81. The van der Waals surface area contributed by atoms with Crippen molar-refractivity contribution in [3.05, 3.63) is 71.4 Å². The quantitative estimate of drug-likeness (QED) is 0.661. The van der Waals surface area contributed by atoms with Crippen LogP contribution in [0.25, 0.3) is 11.3 Å². The van der Waals surface area contributed by atoms with Gasteiger partial charge in [-0.05, 0) is 24.3 Å². The molecule has 0 aliphatic rings. The highest BCUT2D eigenvalue weighted by atomic mass is 32.1. The zero-order chi connectivity index (χ0) is 17.6. The van der Waals surface area contributed by atoms with Crippen LogP contribution >= 0.6 is 11.3 Å². The number of thiazole rings is 1. The summed E-state index contributed by atoms with van der Waals surface area (Å²) in [5, 5.41) is 5.07. The third-order valence-electron chi connectivity index (χ3n) is 3.57. The Morgan fingerprint density at radius 3 is 2.44 bits per heavy atom. The molecular weight excluding hydrogens is 339 g/mol. The Balaban J connectivity index is 1.54. The van der Waals surface area contributed by atoms with Gasteiger partial charge in [-0.1, -0.05) is 30.3 Å². The highest BCUT2D eigenvalue weighted by Crippen LogP contribution is 2.24. The van der Waals surface area contributed by atoms with Crippen LogP contribution in [-0.4, -0.2) is 16.7 Å². The summed E-state index contributed by atoms with van der Waals surface area (Å²) >= 11 is 1.34. The van der Waals surface area contributed by atoms with Crippen LogP contribution in [-0.2, 0) is 4.79 Å². The lowest BCUT2D eigenvalue weighted by Crippen LogP contribution is -2.13. The smallest absolute Gasteiger partial charge is 0.226 e. The largest absolute Gasteiger partial charge is 0.302 e. The van der Waals surface area contributed by atoms with Crippen LogP contribution in [0, 0.1) is 5.82 Å². The van der Waals surface area contributed by atoms with Crippen molar-refractivity contribution in [3.8, 4) is 11.3 Å². The molecule has 0 fully saturated rings. The van der Waals surface area contributed by atoms with Crippen molar-refractivity contribution in [2.75, 3.05) is 5.32 Å². The Hall–Kier alpha value is -2.86. The van der Waals surface area contributed by atoms with Crippen molar-refractivity contribution in [1.82, 2.24) is 4.98 Å². The second-order valence-electron chi connectivity index (χ2n) is 5.38. The van der Waals surface area contributed by atoms with Crippen molar-refractivity contribution >= 4 is 28.2 Å². The normalized spacial score (nSPS) is 10.4. The average molecular weight is 354 g/mol. The number of hydrogen-bond acceptors (Lipinski definition) is 4. The lowest BCUT2D eigenvalue weighted by Gasteiger charge is -2.02. The number of hydrogen-bond donors (Lipinski definition) is 1. The minimum absolute atomic E-state index is 0.0520. The fourth-order valence-electron chi connectivity index (χ4n) is 2.26. The van der Waals surface area contributed by atoms with Gasteiger partial charge in [-0.2, -0.15) is 0 Å². The number of aromatic nitrogens is 1. The lowest BCUT2D eigenvalue weighted by atomic mass is 10.1. The molecule has 1 aromatic heterocycles. The van der Waals surface area contributed by atoms with Gasteiger partial charge in [0.1, 0.15) is 5.82 Å². The molecule has 0 saturated carbocycles. The molecule has 6 heteroatoms. The van der Waals surface area contributed by atoms with E-state index in [-0.39, 0.29) is 24.5 Å². The maximum atomic E-state index is 12.8. The molecule has 1 heterocycles. The highest BCUT2D eigenvalue weighted by molar-refractivity contribution is 7.14. The van der Waals surface area contributed by atoms with Crippen LogP contribution in [0.2, 0.25) is 0 Å². The minimum atomic E-state index is -0.396. The van der Waals surface area contributed by atoms with Gasteiger partial charge in [0.15, 0.2) is 10.9 Å². The fraction of sp³-hybridized carbons (Fsp3) is 0.105. The van der Waals surface area contributed by atoms with Gasteiger partial charge >= 0.3 is 0 Å². The Bertz CT molecular complexity index is 876. The number of nitrogens with zero attached hydrogens (tertiary/aromatic N) is 1. The van der Waals surface area contributed by atoms with Gasteiger partial charge in [0.2, 0.25) is 5.91 Å². The number of halogens is 1. The summed E-state index contributed by atoms with van der Waals surface area (Å²) in [4.78, 5) is 28.4. The van der Waals surface area contributed by atoms with E-state index in [1.165, 1.54) is 35.6 Å². The molecule has 126 valence electrons.